The number of hydrogen-bond acceptors (Lipinski definition) is 2. The average Bonchev–Trinajstić information content (AvgIpc) is 2.74. The number of aromatic nitrogens is 1. The molecule has 0 amide bonds. The number of nitrogens with zero attached hydrogens (tertiary/aromatic N) is 1. The summed E-state index contributed by atoms with van der Waals surface area (Å²) in [7, 11) is 0. The quantitative estimate of drug-likeness (QED) is 0.571. The summed E-state index contributed by atoms with van der Waals surface area (Å²) in [6.07, 6.45) is 1.93. The molecule has 2 heterocycles. The van der Waals surface area contributed by atoms with Gasteiger partial charge in [-0.3, -0.25) is 4.79 Å². The third-order valence-electron chi connectivity index (χ3n) is 2.28. The van der Waals surface area contributed by atoms with Crippen molar-refractivity contribution in [3.63, 3.8) is 0 Å². The van der Waals surface area contributed by atoms with Gasteiger partial charge in [0.25, 0.3) is 0 Å². The van der Waals surface area contributed by atoms with Gasteiger partial charge in [0.05, 0.1) is 4.88 Å². The Morgan fingerprint density at radius 2 is 2.20 bits per heavy atom. The molecule has 0 aliphatic carbocycles. The first-order valence-corrected chi connectivity index (χ1v) is 5.67. The molecule has 0 bridgehead atoms. The van der Waals surface area contributed by atoms with Crippen LogP contribution in [0.5, 0.6) is 0 Å². The first-order chi connectivity index (χ1) is 7.27. The molecule has 0 atom stereocenters. The number of carbonyl (C=O) groups excluding carboxylic acids is 1. The lowest BCUT2D eigenvalue weighted by Crippen LogP contribution is -2.40. The van der Waals surface area contributed by atoms with E-state index in [-0.39, 0.29) is 5.78 Å². The van der Waals surface area contributed by atoms with Crippen molar-refractivity contribution >= 4 is 17.1 Å². The van der Waals surface area contributed by atoms with Crippen LogP contribution in [0.3, 0.4) is 0 Å². The molecule has 0 unspecified atom stereocenters. The Morgan fingerprint density at radius 3 is 2.87 bits per heavy atom. The molecule has 3 heteroatoms. The molecular weight excluding hydrogens is 206 g/mol. The summed E-state index contributed by atoms with van der Waals surface area (Å²) in [5, 5.41) is 1.93. The number of ketones is 1. The minimum atomic E-state index is 0.171. The molecule has 15 heavy (non-hydrogen) atoms. The van der Waals surface area contributed by atoms with Crippen LogP contribution < -0.4 is 4.57 Å². The van der Waals surface area contributed by atoms with Crippen LogP contribution in [0, 0.1) is 6.92 Å². The van der Waals surface area contributed by atoms with E-state index < -0.39 is 0 Å². The number of rotatable bonds is 3. The highest BCUT2D eigenvalue weighted by Crippen LogP contribution is 2.09. The molecule has 0 radical (unpaired) electrons. The fourth-order valence-electron chi connectivity index (χ4n) is 1.41. The molecular formula is C12H12NOS+. The second kappa shape index (κ2) is 4.36. The molecule has 2 rings (SSSR count). The Hall–Kier alpha value is -1.48. The molecule has 0 saturated heterocycles. The maximum absolute atomic E-state index is 11.8. The van der Waals surface area contributed by atoms with Crippen molar-refractivity contribution in [2.75, 3.05) is 0 Å². The molecule has 2 aromatic rings. The van der Waals surface area contributed by atoms with Gasteiger partial charge in [0.2, 0.25) is 12.3 Å². The highest BCUT2D eigenvalue weighted by Gasteiger charge is 2.14. The van der Waals surface area contributed by atoms with Gasteiger partial charge in [0, 0.05) is 19.1 Å². The number of carbonyl (C=O) groups is 1. The highest BCUT2D eigenvalue weighted by molar-refractivity contribution is 7.12. The number of thiophene rings is 1. The molecule has 2 nitrogen and oxygen atoms in total. The van der Waals surface area contributed by atoms with E-state index in [2.05, 4.69) is 0 Å². The molecule has 0 fully saturated rings. The lowest BCUT2D eigenvalue weighted by Gasteiger charge is -1.97. The van der Waals surface area contributed by atoms with Gasteiger partial charge in [-0.15, -0.1) is 11.3 Å². The van der Waals surface area contributed by atoms with Crippen molar-refractivity contribution in [3.05, 3.63) is 52.5 Å². The zero-order valence-corrected chi connectivity index (χ0v) is 9.33. The van der Waals surface area contributed by atoms with Gasteiger partial charge in [-0.25, -0.2) is 0 Å². The molecule has 0 N–H and O–H groups in total. The summed E-state index contributed by atoms with van der Waals surface area (Å²) in [6, 6.07) is 9.68. The minimum Gasteiger partial charge on any atom is -0.286 e. The van der Waals surface area contributed by atoms with Gasteiger partial charge in [-0.05, 0) is 11.4 Å². The average molecular weight is 218 g/mol. The van der Waals surface area contributed by atoms with E-state index in [1.807, 2.05) is 53.4 Å². The third kappa shape index (κ3) is 2.30. The van der Waals surface area contributed by atoms with Gasteiger partial charge in [-0.2, -0.15) is 4.57 Å². The highest BCUT2D eigenvalue weighted by atomic mass is 32.1. The largest absolute Gasteiger partial charge is 0.286 e. The number of aryl methyl sites for hydroxylation is 1. The smallest absolute Gasteiger partial charge is 0.237 e. The Bertz CT molecular complexity index is 462. The van der Waals surface area contributed by atoms with E-state index in [9.17, 15) is 4.79 Å². The monoisotopic (exact) mass is 218 g/mol. The first kappa shape index (κ1) is 10.1. The maximum Gasteiger partial charge on any atom is 0.237 e. The molecule has 0 spiro atoms. The number of pyridine rings is 1. The maximum atomic E-state index is 11.8. The lowest BCUT2D eigenvalue weighted by atomic mass is 10.3. The predicted octanol–water partition coefficient (Wildman–Crippen LogP) is 2.23. The van der Waals surface area contributed by atoms with E-state index >= 15 is 0 Å². The normalized spacial score (nSPS) is 10.2. The van der Waals surface area contributed by atoms with Crippen molar-refractivity contribution in [2.24, 2.45) is 0 Å². The van der Waals surface area contributed by atoms with Gasteiger partial charge >= 0.3 is 0 Å². The van der Waals surface area contributed by atoms with Crippen molar-refractivity contribution in [1.82, 2.24) is 0 Å². The zero-order chi connectivity index (χ0) is 10.7. The summed E-state index contributed by atoms with van der Waals surface area (Å²) in [5.74, 6) is 0.171. The van der Waals surface area contributed by atoms with E-state index in [0.717, 1.165) is 10.6 Å². The molecule has 0 aromatic carbocycles. The zero-order valence-electron chi connectivity index (χ0n) is 8.51. The Balaban J connectivity index is 2.17. The van der Waals surface area contributed by atoms with Crippen molar-refractivity contribution in [3.8, 4) is 0 Å². The molecule has 0 saturated carbocycles. The number of hydrogen-bond donors (Lipinski definition) is 0. The molecule has 0 aliphatic rings. The molecule has 0 aliphatic heterocycles. The summed E-state index contributed by atoms with van der Waals surface area (Å²) in [6.45, 7) is 2.43. The Morgan fingerprint density at radius 1 is 1.33 bits per heavy atom. The topological polar surface area (TPSA) is 20.9 Å². The van der Waals surface area contributed by atoms with Crippen LogP contribution >= 0.6 is 11.3 Å². The van der Waals surface area contributed by atoms with E-state index in [0.29, 0.717) is 6.54 Å². The minimum absolute atomic E-state index is 0.171. The van der Waals surface area contributed by atoms with Gasteiger partial charge in [0.15, 0.2) is 11.9 Å². The predicted molar refractivity (Wildman–Crippen MR) is 60.0 cm³/mol. The van der Waals surface area contributed by atoms with Crippen molar-refractivity contribution in [1.29, 1.82) is 0 Å². The van der Waals surface area contributed by atoms with Crippen LogP contribution in [0.15, 0.2) is 41.9 Å². The summed E-state index contributed by atoms with van der Waals surface area (Å²) in [5.41, 5.74) is 1.10. The third-order valence-corrected chi connectivity index (χ3v) is 3.19. The summed E-state index contributed by atoms with van der Waals surface area (Å²) >= 11 is 1.49. The van der Waals surface area contributed by atoms with Crippen LogP contribution in [-0.4, -0.2) is 5.78 Å². The Labute approximate surface area is 92.8 Å². The fourth-order valence-corrected chi connectivity index (χ4v) is 2.07. The van der Waals surface area contributed by atoms with Crippen LogP contribution in [-0.2, 0) is 6.54 Å². The van der Waals surface area contributed by atoms with Crippen LogP contribution in [0.25, 0.3) is 0 Å². The first-order valence-electron chi connectivity index (χ1n) is 4.79. The fraction of sp³-hybridized carbons (Fsp3) is 0.167. The molecule has 2 aromatic heterocycles. The lowest BCUT2D eigenvalue weighted by molar-refractivity contribution is -0.689. The second-order valence-corrected chi connectivity index (χ2v) is 4.32. The van der Waals surface area contributed by atoms with Crippen molar-refractivity contribution in [2.45, 2.75) is 13.5 Å². The van der Waals surface area contributed by atoms with Crippen LogP contribution in [0.2, 0.25) is 0 Å². The van der Waals surface area contributed by atoms with Crippen LogP contribution in [0.1, 0.15) is 15.4 Å². The van der Waals surface area contributed by atoms with Gasteiger partial charge in [0.1, 0.15) is 0 Å². The molecule has 76 valence electrons. The van der Waals surface area contributed by atoms with Crippen molar-refractivity contribution < 1.29 is 9.36 Å². The second-order valence-electron chi connectivity index (χ2n) is 3.37. The van der Waals surface area contributed by atoms with E-state index in [4.69, 9.17) is 0 Å². The number of Topliss-reactive ketones (excluding diaryl/α,β-unsaturated/α-hetero) is 1. The van der Waals surface area contributed by atoms with E-state index in [1.54, 1.807) is 0 Å². The summed E-state index contributed by atoms with van der Waals surface area (Å²) < 4.78 is 1.96. The SMILES string of the molecule is Cc1cccc[n+]1CC(=O)c1cccs1. The van der Waals surface area contributed by atoms with Gasteiger partial charge in [-0.1, -0.05) is 12.1 Å². The van der Waals surface area contributed by atoms with Gasteiger partial charge < -0.3 is 0 Å². The summed E-state index contributed by atoms with van der Waals surface area (Å²) in [4.78, 5) is 12.6. The van der Waals surface area contributed by atoms with Crippen LogP contribution in [0.4, 0.5) is 0 Å². The Kier molecular flexibility index (Phi) is 2.92. The standard InChI is InChI=1S/C12H12NOS/c1-10-5-2-3-7-13(10)9-11(14)12-6-4-8-15-12/h2-8H,9H2,1H3/q+1. The van der Waals surface area contributed by atoms with E-state index in [1.165, 1.54) is 11.3 Å².